The Labute approximate surface area is 127 Å². The number of rotatable bonds is 6. The van der Waals surface area contributed by atoms with Gasteiger partial charge in [-0.05, 0) is 32.6 Å². The summed E-state index contributed by atoms with van der Waals surface area (Å²) in [6.45, 7) is 9.39. The fourth-order valence-corrected chi connectivity index (χ4v) is 3.29. The summed E-state index contributed by atoms with van der Waals surface area (Å²) in [4.78, 5) is 14.0. The highest BCUT2D eigenvalue weighted by atomic mass is 16.5. The Bertz CT molecular complexity index is 347. The molecule has 2 rings (SSSR count). The molecule has 1 unspecified atom stereocenters. The van der Waals surface area contributed by atoms with Gasteiger partial charge in [0, 0.05) is 32.4 Å². The van der Waals surface area contributed by atoms with E-state index in [2.05, 4.69) is 11.5 Å². The minimum absolute atomic E-state index is 0.0603. The smallest absolute Gasteiger partial charge is 0.320 e. The standard InChI is InChI=1S/C16H27NO4/c1-3-8-17(13-15(18)20-4-2)14-5-9-21-16(12-14)6-10-19-11-7-16/h3,14H,1,4-13H2,2H3. The van der Waals surface area contributed by atoms with Gasteiger partial charge >= 0.3 is 5.97 Å². The molecule has 0 saturated carbocycles. The summed E-state index contributed by atoms with van der Waals surface area (Å²) in [6.07, 6.45) is 5.67. The summed E-state index contributed by atoms with van der Waals surface area (Å²) < 4.78 is 16.6. The van der Waals surface area contributed by atoms with Gasteiger partial charge in [-0.25, -0.2) is 0 Å². The first-order valence-corrected chi connectivity index (χ1v) is 7.91. The second-order valence-corrected chi connectivity index (χ2v) is 5.81. The zero-order chi connectivity index (χ0) is 15.1. The van der Waals surface area contributed by atoms with E-state index in [0.29, 0.717) is 25.7 Å². The van der Waals surface area contributed by atoms with Crippen molar-refractivity contribution in [2.75, 3.05) is 39.5 Å². The van der Waals surface area contributed by atoms with E-state index in [0.717, 1.165) is 45.5 Å². The Morgan fingerprint density at radius 1 is 1.43 bits per heavy atom. The normalized spacial score (nSPS) is 25.0. The summed E-state index contributed by atoms with van der Waals surface area (Å²) in [5.41, 5.74) is -0.0603. The van der Waals surface area contributed by atoms with Crippen molar-refractivity contribution in [2.45, 2.75) is 44.2 Å². The van der Waals surface area contributed by atoms with Crippen LogP contribution < -0.4 is 0 Å². The van der Waals surface area contributed by atoms with Crippen LogP contribution in [0.4, 0.5) is 0 Å². The van der Waals surface area contributed by atoms with Gasteiger partial charge in [0.25, 0.3) is 0 Å². The first kappa shape index (κ1) is 16.5. The molecule has 120 valence electrons. The molecule has 21 heavy (non-hydrogen) atoms. The van der Waals surface area contributed by atoms with Crippen molar-refractivity contribution in [2.24, 2.45) is 0 Å². The van der Waals surface area contributed by atoms with Crippen molar-refractivity contribution in [3.63, 3.8) is 0 Å². The first-order chi connectivity index (χ1) is 10.2. The minimum atomic E-state index is -0.160. The fourth-order valence-electron chi connectivity index (χ4n) is 3.29. The summed E-state index contributed by atoms with van der Waals surface area (Å²) in [7, 11) is 0. The lowest BCUT2D eigenvalue weighted by Gasteiger charge is -2.46. The largest absolute Gasteiger partial charge is 0.465 e. The molecule has 5 nitrogen and oxygen atoms in total. The number of hydrogen-bond acceptors (Lipinski definition) is 5. The number of hydrogen-bond donors (Lipinski definition) is 0. The average molecular weight is 297 g/mol. The molecule has 0 amide bonds. The van der Waals surface area contributed by atoms with Crippen LogP contribution in [0.15, 0.2) is 12.7 Å². The lowest BCUT2D eigenvalue weighted by Crippen LogP contribution is -2.52. The molecule has 0 aromatic carbocycles. The first-order valence-electron chi connectivity index (χ1n) is 7.91. The van der Waals surface area contributed by atoms with Crippen molar-refractivity contribution in [1.29, 1.82) is 0 Å². The highest BCUT2D eigenvalue weighted by Gasteiger charge is 2.40. The van der Waals surface area contributed by atoms with E-state index >= 15 is 0 Å². The average Bonchev–Trinajstić information content (AvgIpc) is 2.48. The molecule has 5 heteroatoms. The van der Waals surface area contributed by atoms with Gasteiger partial charge in [0.1, 0.15) is 0 Å². The Morgan fingerprint density at radius 3 is 2.86 bits per heavy atom. The summed E-state index contributed by atoms with van der Waals surface area (Å²) in [6, 6.07) is 0.347. The molecule has 0 aliphatic carbocycles. The SMILES string of the molecule is C=CCN(CC(=O)OCC)C1CCOC2(CCOCC2)C1. The third-order valence-corrected chi connectivity index (χ3v) is 4.39. The molecule has 2 aliphatic heterocycles. The van der Waals surface area contributed by atoms with Gasteiger partial charge in [-0.3, -0.25) is 9.69 Å². The molecule has 1 spiro atoms. The van der Waals surface area contributed by atoms with E-state index < -0.39 is 0 Å². The lowest BCUT2D eigenvalue weighted by atomic mass is 9.83. The van der Waals surface area contributed by atoms with Gasteiger partial charge in [0.15, 0.2) is 0 Å². The van der Waals surface area contributed by atoms with Gasteiger partial charge in [-0.1, -0.05) is 6.08 Å². The van der Waals surface area contributed by atoms with Crippen molar-refractivity contribution in [3.8, 4) is 0 Å². The Hall–Kier alpha value is -0.910. The van der Waals surface area contributed by atoms with Crippen molar-refractivity contribution in [1.82, 2.24) is 4.90 Å². The van der Waals surface area contributed by atoms with E-state index in [1.165, 1.54) is 0 Å². The van der Waals surface area contributed by atoms with Gasteiger partial charge in [-0.15, -0.1) is 6.58 Å². The number of carbonyl (C=O) groups excluding carboxylic acids is 1. The molecule has 2 heterocycles. The molecule has 0 radical (unpaired) electrons. The maximum atomic E-state index is 11.8. The molecule has 2 aliphatic rings. The molecule has 2 saturated heterocycles. The Kier molecular flexibility index (Phi) is 6.21. The maximum absolute atomic E-state index is 11.8. The molecular formula is C16H27NO4. The lowest BCUT2D eigenvalue weighted by molar-refractivity contribution is -0.158. The molecule has 0 N–H and O–H groups in total. The Balaban J connectivity index is 1.97. The third kappa shape index (κ3) is 4.53. The van der Waals surface area contributed by atoms with E-state index in [1.807, 2.05) is 13.0 Å². The number of ether oxygens (including phenoxy) is 3. The van der Waals surface area contributed by atoms with Crippen LogP contribution in [0.25, 0.3) is 0 Å². The summed E-state index contributed by atoms with van der Waals surface area (Å²) >= 11 is 0. The molecular weight excluding hydrogens is 270 g/mol. The monoisotopic (exact) mass is 297 g/mol. The van der Waals surface area contributed by atoms with Crippen molar-refractivity contribution >= 4 is 5.97 Å². The van der Waals surface area contributed by atoms with Crippen LogP contribution in [0.1, 0.15) is 32.6 Å². The zero-order valence-electron chi connectivity index (χ0n) is 13.0. The zero-order valence-corrected chi connectivity index (χ0v) is 13.0. The molecule has 0 aromatic heterocycles. The maximum Gasteiger partial charge on any atom is 0.320 e. The molecule has 2 fully saturated rings. The van der Waals surface area contributed by atoms with Gasteiger partial charge in [-0.2, -0.15) is 0 Å². The quantitative estimate of drug-likeness (QED) is 0.552. The predicted octanol–water partition coefficient (Wildman–Crippen LogP) is 1.77. The van der Waals surface area contributed by atoms with Crippen LogP contribution in [0, 0.1) is 0 Å². The second-order valence-electron chi connectivity index (χ2n) is 5.81. The minimum Gasteiger partial charge on any atom is -0.465 e. The van der Waals surface area contributed by atoms with Crippen LogP contribution in [0.2, 0.25) is 0 Å². The van der Waals surface area contributed by atoms with E-state index in [-0.39, 0.29) is 11.6 Å². The van der Waals surface area contributed by atoms with Crippen LogP contribution in [-0.2, 0) is 19.0 Å². The highest BCUT2D eigenvalue weighted by Crippen LogP contribution is 2.36. The summed E-state index contributed by atoms with van der Waals surface area (Å²) in [5.74, 6) is -0.160. The Morgan fingerprint density at radius 2 is 2.19 bits per heavy atom. The van der Waals surface area contributed by atoms with Crippen LogP contribution in [0.3, 0.4) is 0 Å². The van der Waals surface area contributed by atoms with Gasteiger partial charge < -0.3 is 14.2 Å². The van der Waals surface area contributed by atoms with Crippen LogP contribution in [0.5, 0.6) is 0 Å². The summed E-state index contributed by atoms with van der Waals surface area (Å²) in [5, 5.41) is 0. The van der Waals surface area contributed by atoms with Crippen LogP contribution in [-0.4, -0.2) is 62.0 Å². The topological polar surface area (TPSA) is 48.0 Å². The predicted molar refractivity (Wildman–Crippen MR) is 80.2 cm³/mol. The highest BCUT2D eigenvalue weighted by molar-refractivity contribution is 5.71. The van der Waals surface area contributed by atoms with Gasteiger partial charge in [0.2, 0.25) is 0 Å². The molecule has 1 atom stereocenters. The molecule has 0 bridgehead atoms. The number of nitrogens with zero attached hydrogens (tertiary/aromatic N) is 1. The van der Waals surface area contributed by atoms with Gasteiger partial charge in [0.05, 0.1) is 18.8 Å². The van der Waals surface area contributed by atoms with Crippen LogP contribution >= 0.6 is 0 Å². The van der Waals surface area contributed by atoms with E-state index in [1.54, 1.807) is 0 Å². The number of esters is 1. The van der Waals surface area contributed by atoms with Crippen molar-refractivity contribution < 1.29 is 19.0 Å². The van der Waals surface area contributed by atoms with Crippen molar-refractivity contribution in [3.05, 3.63) is 12.7 Å². The molecule has 0 aromatic rings. The van der Waals surface area contributed by atoms with E-state index in [9.17, 15) is 4.79 Å². The van der Waals surface area contributed by atoms with E-state index in [4.69, 9.17) is 14.2 Å². The fraction of sp³-hybridized carbons (Fsp3) is 0.812. The third-order valence-electron chi connectivity index (χ3n) is 4.39. The second kappa shape index (κ2) is 7.92. The number of carbonyl (C=O) groups is 1.